The van der Waals surface area contributed by atoms with Crippen molar-refractivity contribution in [3.8, 4) is 6.07 Å². The molecule has 5 nitrogen and oxygen atoms in total. The first-order valence-electron chi connectivity index (χ1n) is 8.84. The number of aryl methyl sites for hydroxylation is 1. The Bertz CT molecular complexity index is 871. The van der Waals surface area contributed by atoms with Gasteiger partial charge in [0.2, 0.25) is 5.91 Å². The van der Waals surface area contributed by atoms with Gasteiger partial charge in [-0.15, -0.1) is 0 Å². The van der Waals surface area contributed by atoms with Gasteiger partial charge in [0, 0.05) is 61.5 Å². The standard InChI is InChI=1S/C20H22N4O/c1-22-13-15(18-4-2-3-5-19(18)22)6-9-20(25)23-10-11-24(16-7-8-16)17(12-21)14-23/h2-6,9,13,16-17H,7-8,10-11,14H2,1H3. The molecule has 0 bridgehead atoms. The Morgan fingerprint density at radius 1 is 1.28 bits per heavy atom. The number of nitriles is 1. The summed E-state index contributed by atoms with van der Waals surface area (Å²) in [6, 6.07) is 10.9. The minimum absolute atomic E-state index is 0.0105. The summed E-state index contributed by atoms with van der Waals surface area (Å²) in [5.41, 5.74) is 2.19. The summed E-state index contributed by atoms with van der Waals surface area (Å²) in [4.78, 5) is 16.6. The summed E-state index contributed by atoms with van der Waals surface area (Å²) < 4.78 is 2.07. The highest BCUT2D eigenvalue weighted by atomic mass is 16.2. The smallest absolute Gasteiger partial charge is 0.246 e. The highest BCUT2D eigenvalue weighted by molar-refractivity contribution is 5.96. The zero-order chi connectivity index (χ0) is 17.4. The summed E-state index contributed by atoms with van der Waals surface area (Å²) in [5.74, 6) is -0.0105. The van der Waals surface area contributed by atoms with Gasteiger partial charge in [0.1, 0.15) is 6.04 Å². The minimum atomic E-state index is -0.170. The number of piperazine rings is 1. The van der Waals surface area contributed by atoms with E-state index in [0.29, 0.717) is 19.1 Å². The van der Waals surface area contributed by atoms with Crippen molar-refractivity contribution >= 4 is 22.9 Å². The molecule has 4 rings (SSSR count). The summed E-state index contributed by atoms with van der Waals surface area (Å²) in [7, 11) is 2.01. The Balaban J connectivity index is 1.48. The second-order valence-electron chi connectivity index (χ2n) is 6.94. The van der Waals surface area contributed by atoms with E-state index in [9.17, 15) is 10.1 Å². The van der Waals surface area contributed by atoms with Crippen LogP contribution >= 0.6 is 0 Å². The van der Waals surface area contributed by atoms with Crippen LogP contribution in [0.15, 0.2) is 36.5 Å². The summed E-state index contributed by atoms with van der Waals surface area (Å²) >= 11 is 0. The van der Waals surface area contributed by atoms with E-state index < -0.39 is 0 Å². The monoisotopic (exact) mass is 334 g/mol. The van der Waals surface area contributed by atoms with Gasteiger partial charge in [0.05, 0.1) is 6.07 Å². The van der Waals surface area contributed by atoms with Crippen LogP contribution in [-0.4, -0.2) is 52.0 Å². The van der Waals surface area contributed by atoms with Gasteiger partial charge in [0.15, 0.2) is 0 Å². The SMILES string of the molecule is Cn1cc(C=CC(=O)N2CCN(C3CC3)C(C#N)C2)c2ccccc21. The molecular formula is C20H22N4O. The maximum atomic E-state index is 12.6. The third kappa shape index (κ3) is 3.06. The van der Waals surface area contributed by atoms with Crippen LogP contribution in [-0.2, 0) is 11.8 Å². The molecule has 1 aliphatic heterocycles. The topological polar surface area (TPSA) is 52.3 Å². The first-order chi connectivity index (χ1) is 12.2. The maximum Gasteiger partial charge on any atom is 0.246 e. The molecule has 1 saturated carbocycles. The number of nitrogens with zero attached hydrogens (tertiary/aromatic N) is 4. The van der Waals surface area contributed by atoms with Gasteiger partial charge in [0.25, 0.3) is 0 Å². The number of carbonyl (C=O) groups excluding carboxylic acids is 1. The summed E-state index contributed by atoms with van der Waals surface area (Å²) in [6.07, 6.45) is 7.94. The molecule has 0 radical (unpaired) electrons. The molecule has 1 unspecified atom stereocenters. The van der Waals surface area contributed by atoms with Crippen LogP contribution < -0.4 is 0 Å². The number of hydrogen-bond donors (Lipinski definition) is 0. The lowest BCUT2D eigenvalue weighted by Crippen LogP contribution is -2.54. The van der Waals surface area contributed by atoms with Crippen LogP contribution in [0.25, 0.3) is 17.0 Å². The number of carbonyl (C=O) groups is 1. The predicted molar refractivity (Wildman–Crippen MR) is 97.7 cm³/mol. The van der Waals surface area contributed by atoms with E-state index in [0.717, 1.165) is 23.0 Å². The zero-order valence-electron chi connectivity index (χ0n) is 14.4. The molecule has 1 amide bonds. The highest BCUT2D eigenvalue weighted by Crippen LogP contribution is 2.30. The van der Waals surface area contributed by atoms with Crippen LogP contribution in [0.5, 0.6) is 0 Å². The van der Waals surface area contributed by atoms with Crippen molar-refractivity contribution in [3.05, 3.63) is 42.1 Å². The van der Waals surface area contributed by atoms with Gasteiger partial charge < -0.3 is 9.47 Å². The molecule has 2 heterocycles. The van der Waals surface area contributed by atoms with E-state index in [4.69, 9.17) is 0 Å². The third-order valence-electron chi connectivity index (χ3n) is 5.23. The number of fused-ring (bicyclic) bond motifs is 1. The number of para-hydroxylation sites is 1. The number of benzene rings is 1. The molecule has 25 heavy (non-hydrogen) atoms. The lowest BCUT2D eigenvalue weighted by Gasteiger charge is -2.38. The Labute approximate surface area is 147 Å². The largest absolute Gasteiger partial charge is 0.350 e. The summed E-state index contributed by atoms with van der Waals surface area (Å²) in [6.45, 7) is 2.01. The zero-order valence-corrected chi connectivity index (χ0v) is 14.4. The van der Waals surface area contributed by atoms with E-state index in [1.807, 2.05) is 31.5 Å². The molecule has 2 aliphatic rings. The normalized spacial score (nSPS) is 21.8. The van der Waals surface area contributed by atoms with Gasteiger partial charge in [-0.25, -0.2) is 0 Å². The molecule has 1 atom stereocenters. The molecule has 2 aromatic rings. The number of rotatable bonds is 3. The van der Waals surface area contributed by atoms with Gasteiger partial charge in [-0.1, -0.05) is 18.2 Å². The van der Waals surface area contributed by atoms with E-state index in [1.165, 1.54) is 12.8 Å². The van der Waals surface area contributed by atoms with E-state index in [1.54, 1.807) is 11.0 Å². The van der Waals surface area contributed by atoms with Crippen molar-refractivity contribution in [1.29, 1.82) is 5.26 Å². The van der Waals surface area contributed by atoms with Crippen LogP contribution in [0.1, 0.15) is 18.4 Å². The van der Waals surface area contributed by atoms with Crippen molar-refractivity contribution < 1.29 is 4.79 Å². The van der Waals surface area contributed by atoms with Crippen LogP contribution in [0.3, 0.4) is 0 Å². The predicted octanol–water partition coefficient (Wildman–Crippen LogP) is 2.39. The second kappa shape index (κ2) is 6.38. The van der Waals surface area contributed by atoms with Crippen molar-refractivity contribution in [2.45, 2.75) is 24.9 Å². The lowest BCUT2D eigenvalue weighted by molar-refractivity contribution is -0.128. The molecule has 128 valence electrons. The molecule has 0 N–H and O–H groups in total. The highest BCUT2D eigenvalue weighted by Gasteiger charge is 2.38. The molecule has 1 aliphatic carbocycles. The number of aromatic nitrogens is 1. The van der Waals surface area contributed by atoms with Crippen molar-refractivity contribution in [1.82, 2.24) is 14.4 Å². The van der Waals surface area contributed by atoms with E-state index in [2.05, 4.69) is 27.7 Å². The molecule has 0 spiro atoms. The fourth-order valence-electron chi connectivity index (χ4n) is 3.73. The van der Waals surface area contributed by atoms with Gasteiger partial charge in [-0.3, -0.25) is 9.69 Å². The second-order valence-corrected chi connectivity index (χ2v) is 6.94. The average Bonchev–Trinajstić information content (AvgIpc) is 3.44. The molecule has 1 saturated heterocycles. The van der Waals surface area contributed by atoms with Gasteiger partial charge in [-0.2, -0.15) is 5.26 Å². The molecular weight excluding hydrogens is 312 g/mol. The van der Waals surface area contributed by atoms with Crippen LogP contribution in [0.4, 0.5) is 0 Å². The van der Waals surface area contributed by atoms with Gasteiger partial charge in [-0.05, 0) is 25.0 Å². The molecule has 1 aromatic carbocycles. The Morgan fingerprint density at radius 2 is 2.08 bits per heavy atom. The average molecular weight is 334 g/mol. The van der Waals surface area contributed by atoms with Gasteiger partial charge >= 0.3 is 0 Å². The summed E-state index contributed by atoms with van der Waals surface area (Å²) in [5, 5.41) is 10.6. The molecule has 2 fully saturated rings. The minimum Gasteiger partial charge on any atom is -0.350 e. The third-order valence-corrected chi connectivity index (χ3v) is 5.23. The van der Waals surface area contributed by atoms with Crippen LogP contribution in [0.2, 0.25) is 0 Å². The molecule has 1 aromatic heterocycles. The first kappa shape index (κ1) is 15.9. The van der Waals surface area contributed by atoms with Crippen molar-refractivity contribution in [2.24, 2.45) is 7.05 Å². The Morgan fingerprint density at radius 3 is 2.84 bits per heavy atom. The number of amides is 1. The fraction of sp³-hybridized carbons (Fsp3) is 0.400. The maximum absolute atomic E-state index is 12.6. The van der Waals surface area contributed by atoms with Crippen molar-refractivity contribution in [2.75, 3.05) is 19.6 Å². The Kier molecular flexibility index (Phi) is 4.06. The quantitative estimate of drug-likeness (QED) is 0.810. The lowest BCUT2D eigenvalue weighted by atomic mass is 10.1. The van der Waals surface area contributed by atoms with Crippen LogP contribution in [0, 0.1) is 11.3 Å². The number of hydrogen-bond acceptors (Lipinski definition) is 3. The Hall–Kier alpha value is -2.58. The van der Waals surface area contributed by atoms with Crippen molar-refractivity contribution in [3.63, 3.8) is 0 Å². The van der Waals surface area contributed by atoms with E-state index in [-0.39, 0.29) is 11.9 Å². The molecule has 5 heteroatoms. The fourth-order valence-corrected chi connectivity index (χ4v) is 3.73. The van der Waals surface area contributed by atoms with E-state index >= 15 is 0 Å². The first-order valence-corrected chi connectivity index (χ1v) is 8.84.